The zero-order valence-electron chi connectivity index (χ0n) is 11.3. The standard InChI is InChI=1S/C13H21N5/c1-9-5-4-6-18(12(9)8-15)13-11(7-14)10(2)16-17(13)3/h9,12H,4-6,8,15H2,1-3H3. The number of nitrogens with two attached hydrogens (primary N) is 1. The van der Waals surface area contributed by atoms with Gasteiger partial charge in [0, 0.05) is 26.2 Å². The molecule has 2 unspecified atom stereocenters. The van der Waals surface area contributed by atoms with Crippen LogP contribution in [0.25, 0.3) is 0 Å². The van der Waals surface area contributed by atoms with Crippen LogP contribution in [0.4, 0.5) is 5.82 Å². The Balaban J connectivity index is 2.44. The van der Waals surface area contributed by atoms with Crippen molar-refractivity contribution in [1.82, 2.24) is 9.78 Å². The molecule has 0 aliphatic carbocycles. The monoisotopic (exact) mass is 247 g/mol. The summed E-state index contributed by atoms with van der Waals surface area (Å²) in [6.45, 7) is 5.70. The minimum absolute atomic E-state index is 0.306. The van der Waals surface area contributed by atoms with Gasteiger partial charge in [0.2, 0.25) is 0 Å². The van der Waals surface area contributed by atoms with E-state index in [1.54, 1.807) is 0 Å². The van der Waals surface area contributed by atoms with E-state index in [0.717, 1.165) is 24.5 Å². The molecule has 18 heavy (non-hydrogen) atoms. The zero-order chi connectivity index (χ0) is 13.3. The van der Waals surface area contributed by atoms with Crippen LogP contribution in [-0.4, -0.2) is 28.9 Å². The van der Waals surface area contributed by atoms with Gasteiger partial charge in [0.1, 0.15) is 17.5 Å². The first-order valence-electron chi connectivity index (χ1n) is 6.50. The lowest BCUT2D eigenvalue weighted by Crippen LogP contribution is -2.49. The highest BCUT2D eigenvalue weighted by Crippen LogP contribution is 2.31. The second-order valence-corrected chi connectivity index (χ2v) is 5.14. The van der Waals surface area contributed by atoms with Crippen LogP contribution in [-0.2, 0) is 7.05 Å². The molecule has 0 radical (unpaired) electrons. The van der Waals surface area contributed by atoms with Gasteiger partial charge in [0.05, 0.1) is 5.69 Å². The molecule has 0 aromatic carbocycles. The quantitative estimate of drug-likeness (QED) is 0.851. The van der Waals surface area contributed by atoms with Crippen molar-refractivity contribution in [2.45, 2.75) is 32.7 Å². The van der Waals surface area contributed by atoms with E-state index < -0.39 is 0 Å². The summed E-state index contributed by atoms with van der Waals surface area (Å²) in [5, 5.41) is 13.7. The first kappa shape index (κ1) is 12.9. The molecule has 2 atom stereocenters. The van der Waals surface area contributed by atoms with Gasteiger partial charge >= 0.3 is 0 Å². The Morgan fingerprint density at radius 3 is 2.89 bits per heavy atom. The Morgan fingerprint density at radius 1 is 1.56 bits per heavy atom. The molecule has 5 heteroatoms. The first-order chi connectivity index (χ1) is 8.60. The number of piperidine rings is 1. The Labute approximate surface area is 108 Å². The maximum Gasteiger partial charge on any atom is 0.145 e. The second-order valence-electron chi connectivity index (χ2n) is 5.14. The largest absolute Gasteiger partial charge is 0.351 e. The molecule has 1 saturated heterocycles. The van der Waals surface area contributed by atoms with Crippen LogP contribution in [0.15, 0.2) is 0 Å². The third kappa shape index (κ3) is 1.97. The zero-order valence-corrected chi connectivity index (χ0v) is 11.3. The second kappa shape index (κ2) is 4.99. The maximum atomic E-state index is 9.31. The van der Waals surface area contributed by atoms with Crippen LogP contribution in [0.3, 0.4) is 0 Å². The van der Waals surface area contributed by atoms with Crippen molar-refractivity contribution in [1.29, 1.82) is 5.26 Å². The predicted molar refractivity (Wildman–Crippen MR) is 71.2 cm³/mol. The Bertz CT molecular complexity index is 470. The number of hydrogen-bond donors (Lipinski definition) is 1. The fourth-order valence-electron chi connectivity index (χ4n) is 2.98. The van der Waals surface area contributed by atoms with Crippen molar-refractivity contribution >= 4 is 5.82 Å². The first-order valence-corrected chi connectivity index (χ1v) is 6.50. The van der Waals surface area contributed by atoms with E-state index in [1.807, 2.05) is 18.7 Å². The maximum absolute atomic E-state index is 9.31. The third-order valence-corrected chi connectivity index (χ3v) is 3.93. The minimum Gasteiger partial charge on any atom is -0.351 e. The van der Waals surface area contributed by atoms with Gasteiger partial charge in [-0.1, -0.05) is 6.92 Å². The lowest BCUT2D eigenvalue weighted by molar-refractivity contribution is 0.345. The topological polar surface area (TPSA) is 70.9 Å². The van der Waals surface area contributed by atoms with E-state index in [9.17, 15) is 5.26 Å². The summed E-state index contributed by atoms with van der Waals surface area (Å²) in [6.07, 6.45) is 2.35. The Morgan fingerprint density at radius 2 is 2.28 bits per heavy atom. The molecule has 0 bridgehead atoms. The van der Waals surface area contributed by atoms with Crippen molar-refractivity contribution in [2.24, 2.45) is 18.7 Å². The molecular formula is C13H21N5. The fourth-order valence-corrected chi connectivity index (χ4v) is 2.98. The lowest BCUT2D eigenvalue weighted by atomic mass is 9.90. The molecule has 1 aliphatic heterocycles. The molecule has 0 spiro atoms. The van der Waals surface area contributed by atoms with Crippen LogP contribution in [0.5, 0.6) is 0 Å². The highest BCUT2D eigenvalue weighted by molar-refractivity contribution is 5.58. The summed E-state index contributed by atoms with van der Waals surface area (Å²) in [5.74, 6) is 1.49. The fraction of sp³-hybridized carbons (Fsp3) is 0.692. The van der Waals surface area contributed by atoms with Gasteiger partial charge in [-0.3, -0.25) is 4.68 Å². The van der Waals surface area contributed by atoms with Crippen molar-refractivity contribution in [2.75, 3.05) is 18.0 Å². The van der Waals surface area contributed by atoms with Crippen LogP contribution in [0.1, 0.15) is 31.0 Å². The average Bonchev–Trinajstić information content (AvgIpc) is 2.63. The van der Waals surface area contributed by atoms with Crippen molar-refractivity contribution in [3.8, 4) is 6.07 Å². The Kier molecular flexibility index (Phi) is 3.58. The van der Waals surface area contributed by atoms with Crippen molar-refractivity contribution < 1.29 is 0 Å². The molecule has 98 valence electrons. The van der Waals surface area contributed by atoms with E-state index in [0.29, 0.717) is 24.1 Å². The number of rotatable bonds is 2. The van der Waals surface area contributed by atoms with Crippen LogP contribution < -0.4 is 10.6 Å². The third-order valence-electron chi connectivity index (χ3n) is 3.93. The van der Waals surface area contributed by atoms with Crippen molar-refractivity contribution in [3.05, 3.63) is 11.3 Å². The molecule has 1 fully saturated rings. The summed E-state index contributed by atoms with van der Waals surface area (Å²) in [6, 6.07) is 2.58. The van der Waals surface area contributed by atoms with E-state index in [4.69, 9.17) is 5.73 Å². The van der Waals surface area contributed by atoms with Crippen LogP contribution >= 0.6 is 0 Å². The summed E-state index contributed by atoms with van der Waals surface area (Å²) in [5.41, 5.74) is 7.40. The van der Waals surface area contributed by atoms with E-state index in [2.05, 4.69) is 23.0 Å². The summed E-state index contributed by atoms with van der Waals surface area (Å²) in [7, 11) is 1.90. The average molecular weight is 247 g/mol. The number of anilines is 1. The molecule has 1 aliphatic rings. The van der Waals surface area contributed by atoms with Gasteiger partial charge in [-0.05, 0) is 25.7 Å². The predicted octanol–water partition coefficient (Wildman–Crippen LogP) is 1.16. The summed E-state index contributed by atoms with van der Waals surface area (Å²) < 4.78 is 1.81. The van der Waals surface area contributed by atoms with E-state index >= 15 is 0 Å². The number of hydrogen-bond acceptors (Lipinski definition) is 4. The molecule has 0 saturated carbocycles. The van der Waals surface area contributed by atoms with Gasteiger partial charge in [0.15, 0.2) is 0 Å². The molecule has 1 aromatic rings. The van der Waals surface area contributed by atoms with Crippen LogP contribution in [0.2, 0.25) is 0 Å². The molecule has 5 nitrogen and oxygen atoms in total. The minimum atomic E-state index is 0.306. The van der Waals surface area contributed by atoms with E-state index in [1.165, 1.54) is 6.42 Å². The van der Waals surface area contributed by atoms with E-state index in [-0.39, 0.29) is 0 Å². The van der Waals surface area contributed by atoms with Crippen LogP contribution in [0, 0.1) is 24.2 Å². The molecule has 2 N–H and O–H groups in total. The van der Waals surface area contributed by atoms with Gasteiger partial charge in [-0.15, -0.1) is 0 Å². The van der Waals surface area contributed by atoms with Gasteiger partial charge in [0.25, 0.3) is 0 Å². The smallest absolute Gasteiger partial charge is 0.145 e. The van der Waals surface area contributed by atoms with Gasteiger partial charge in [-0.25, -0.2) is 0 Å². The number of aryl methyl sites for hydroxylation is 2. The van der Waals surface area contributed by atoms with Gasteiger partial charge in [-0.2, -0.15) is 10.4 Å². The summed E-state index contributed by atoms with van der Waals surface area (Å²) >= 11 is 0. The summed E-state index contributed by atoms with van der Waals surface area (Å²) in [4.78, 5) is 2.27. The normalized spacial score (nSPS) is 24.1. The van der Waals surface area contributed by atoms with Crippen molar-refractivity contribution in [3.63, 3.8) is 0 Å². The number of nitriles is 1. The highest BCUT2D eigenvalue weighted by atomic mass is 15.4. The molecular weight excluding hydrogens is 226 g/mol. The lowest BCUT2D eigenvalue weighted by Gasteiger charge is -2.40. The van der Waals surface area contributed by atoms with Gasteiger partial charge < -0.3 is 10.6 Å². The highest BCUT2D eigenvalue weighted by Gasteiger charge is 2.31. The number of aromatic nitrogens is 2. The SMILES string of the molecule is Cc1nn(C)c(N2CCCC(C)C2CN)c1C#N. The number of nitrogens with zero attached hydrogens (tertiary/aromatic N) is 4. The Hall–Kier alpha value is -1.54. The molecule has 1 aromatic heterocycles. The molecule has 0 amide bonds. The molecule has 2 rings (SSSR count). The molecule has 2 heterocycles.